The number of rotatable bonds is 3. The number of aromatic nitrogens is 3. The summed E-state index contributed by atoms with van der Waals surface area (Å²) in [4.78, 5) is 25.6. The number of ether oxygens (including phenoxy) is 3. The first kappa shape index (κ1) is 18.0. The number of fused-ring (bicyclic) bond motifs is 2. The smallest absolute Gasteiger partial charge is 0.341 e. The van der Waals surface area contributed by atoms with Gasteiger partial charge in [0.1, 0.15) is 24.5 Å². The molecule has 0 N–H and O–H groups in total. The van der Waals surface area contributed by atoms with Gasteiger partial charge in [0.25, 0.3) is 5.56 Å². The lowest BCUT2D eigenvalue weighted by molar-refractivity contribution is 0.0600. The van der Waals surface area contributed by atoms with Crippen LogP contribution in [0.5, 0.6) is 11.5 Å². The zero-order chi connectivity index (χ0) is 20.7. The monoisotopic (exact) mass is 403 g/mol. The summed E-state index contributed by atoms with van der Waals surface area (Å²) in [6, 6.07) is 14.5. The summed E-state index contributed by atoms with van der Waals surface area (Å²) in [6.07, 6.45) is 3.25. The van der Waals surface area contributed by atoms with Crippen LogP contribution in [-0.4, -0.2) is 40.6 Å². The summed E-state index contributed by atoms with van der Waals surface area (Å²) >= 11 is 0. The lowest BCUT2D eigenvalue weighted by Crippen LogP contribution is -2.16. The molecular formula is C22H17N3O5. The third kappa shape index (κ3) is 2.89. The highest BCUT2D eigenvalue weighted by Gasteiger charge is 2.25. The van der Waals surface area contributed by atoms with Crippen molar-refractivity contribution in [3.05, 3.63) is 76.8 Å². The highest BCUT2D eigenvalue weighted by Crippen LogP contribution is 2.33. The van der Waals surface area contributed by atoms with Crippen LogP contribution in [0.3, 0.4) is 0 Å². The molecule has 0 amide bonds. The average molecular weight is 403 g/mol. The zero-order valence-corrected chi connectivity index (χ0v) is 16.1. The topological polar surface area (TPSA) is 84.6 Å². The summed E-state index contributed by atoms with van der Waals surface area (Å²) in [5, 5.41) is 4.40. The summed E-state index contributed by atoms with van der Waals surface area (Å²) < 4.78 is 19.1. The Morgan fingerprint density at radius 2 is 1.77 bits per heavy atom. The van der Waals surface area contributed by atoms with E-state index in [0.717, 1.165) is 0 Å². The molecule has 30 heavy (non-hydrogen) atoms. The molecule has 0 spiro atoms. The number of para-hydroxylation sites is 1. The van der Waals surface area contributed by atoms with Crippen molar-refractivity contribution in [2.45, 2.75) is 0 Å². The van der Waals surface area contributed by atoms with Gasteiger partial charge in [0.2, 0.25) is 0 Å². The largest absolute Gasteiger partial charge is 0.486 e. The summed E-state index contributed by atoms with van der Waals surface area (Å²) in [5.41, 5.74) is 1.77. The van der Waals surface area contributed by atoms with Crippen molar-refractivity contribution in [3.8, 4) is 34.1 Å². The van der Waals surface area contributed by atoms with E-state index in [1.165, 1.54) is 11.8 Å². The van der Waals surface area contributed by atoms with Crippen molar-refractivity contribution in [1.29, 1.82) is 0 Å². The van der Waals surface area contributed by atoms with Gasteiger partial charge in [-0.05, 0) is 24.3 Å². The van der Waals surface area contributed by atoms with Gasteiger partial charge in [-0.25, -0.2) is 4.79 Å². The van der Waals surface area contributed by atoms with E-state index >= 15 is 0 Å². The van der Waals surface area contributed by atoms with E-state index in [9.17, 15) is 9.59 Å². The maximum atomic E-state index is 13.1. The molecule has 3 aliphatic rings. The van der Waals surface area contributed by atoms with Crippen LogP contribution in [0, 0.1) is 0 Å². The van der Waals surface area contributed by atoms with E-state index in [4.69, 9.17) is 14.2 Å². The fourth-order valence-corrected chi connectivity index (χ4v) is 3.45. The Balaban J connectivity index is 1.72. The van der Waals surface area contributed by atoms with Crippen LogP contribution < -0.4 is 15.0 Å². The van der Waals surface area contributed by atoms with Crippen molar-refractivity contribution < 1.29 is 19.0 Å². The number of esters is 1. The van der Waals surface area contributed by atoms with Gasteiger partial charge in [-0.15, -0.1) is 0 Å². The van der Waals surface area contributed by atoms with E-state index in [1.54, 1.807) is 41.2 Å². The molecule has 150 valence electrons. The quantitative estimate of drug-likeness (QED) is 0.489. The van der Waals surface area contributed by atoms with Crippen LogP contribution in [0.15, 0.2) is 65.7 Å². The fourth-order valence-electron chi connectivity index (χ4n) is 3.45. The minimum atomic E-state index is -0.579. The zero-order valence-electron chi connectivity index (χ0n) is 16.1. The van der Waals surface area contributed by atoms with Crippen molar-refractivity contribution >= 4 is 5.97 Å². The number of benzene rings is 2. The highest BCUT2D eigenvalue weighted by atomic mass is 16.6. The molecule has 0 unspecified atom stereocenters. The Labute approximate surface area is 171 Å². The molecule has 0 radical (unpaired) electrons. The number of methoxy groups -OCH3 is 1. The van der Waals surface area contributed by atoms with E-state index in [0.29, 0.717) is 41.7 Å². The van der Waals surface area contributed by atoms with Crippen molar-refractivity contribution in [3.63, 3.8) is 0 Å². The molecule has 5 rings (SSSR count). The van der Waals surface area contributed by atoms with E-state index in [-0.39, 0.29) is 16.8 Å². The molecule has 2 aromatic carbocycles. The predicted molar refractivity (Wildman–Crippen MR) is 108 cm³/mol. The number of hydrogen-bond donors (Lipinski definition) is 0. The van der Waals surface area contributed by atoms with Gasteiger partial charge in [0.15, 0.2) is 11.5 Å². The second-order valence-corrected chi connectivity index (χ2v) is 6.71. The minimum absolute atomic E-state index is 0.191. The van der Waals surface area contributed by atoms with Crippen molar-refractivity contribution in [2.75, 3.05) is 20.3 Å². The number of carbonyl (C=O) groups is 1. The Bertz CT molecular complexity index is 1280. The first-order valence-corrected chi connectivity index (χ1v) is 9.34. The molecule has 2 aromatic rings. The molecule has 0 saturated carbocycles. The minimum Gasteiger partial charge on any atom is -0.486 e. The van der Waals surface area contributed by atoms with E-state index in [2.05, 4.69) is 5.10 Å². The normalized spacial score (nSPS) is 12.7. The Hall–Kier alpha value is -4.07. The highest BCUT2D eigenvalue weighted by molar-refractivity contribution is 5.96. The molecule has 0 saturated heterocycles. The SMILES string of the molecule is COC(=O)c1cn(-c2ccc3c(c2)OCCO3)cc2c(=O)n(-c3ccccc3)nc1-2. The average Bonchev–Trinajstić information content (AvgIpc) is 3.14. The van der Waals surface area contributed by atoms with Gasteiger partial charge < -0.3 is 18.8 Å². The van der Waals surface area contributed by atoms with Crippen LogP contribution in [0.4, 0.5) is 0 Å². The van der Waals surface area contributed by atoms with Crippen molar-refractivity contribution in [1.82, 2.24) is 14.3 Å². The van der Waals surface area contributed by atoms with Gasteiger partial charge >= 0.3 is 5.97 Å². The molecule has 0 bridgehead atoms. The van der Waals surface area contributed by atoms with Crippen LogP contribution in [0.1, 0.15) is 10.4 Å². The Kier molecular flexibility index (Phi) is 4.24. The summed E-state index contributed by atoms with van der Waals surface area (Å²) in [7, 11) is 1.29. The van der Waals surface area contributed by atoms with Gasteiger partial charge in [0.05, 0.1) is 18.4 Å². The lowest BCUT2D eigenvalue weighted by atomic mass is 10.1. The second kappa shape index (κ2) is 7.07. The number of pyridine rings is 1. The molecule has 8 heteroatoms. The molecule has 0 atom stereocenters. The van der Waals surface area contributed by atoms with E-state index < -0.39 is 5.97 Å². The Morgan fingerprint density at radius 1 is 1.00 bits per heavy atom. The number of nitrogens with zero attached hydrogens (tertiary/aromatic N) is 3. The third-order valence-corrected chi connectivity index (χ3v) is 4.90. The van der Waals surface area contributed by atoms with Crippen molar-refractivity contribution in [2.24, 2.45) is 0 Å². The van der Waals surface area contributed by atoms with Crippen LogP contribution in [0.2, 0.25) is 0 Å². The number of hydrogen-bond acceptors (Lipinski definition) is 6. The van der Waals surface area contributed by atoms with Gasteiger partial charge in [-0.3, -0.25) is 4.79 Å². The van der Waals surface area contributed by atoms with Gasteiger partial charge in [0, 0.05) is 24.1 Å². The van der Waals surface area contributed by atoms with E-state index in [1.807, 2.05) is 24.3 Å². The van der Waals surface area contributed by atoms with Gasteiger partial charge in [-0.2, -0.15) is 9.78 Å². The second-order valence-electron chi connectivity index (χ2n) is 6.71. The maximum Gasteiger partial charge on any atom is 0.341 e. The van der Waals surface area contributed by atoms with Crippen LogP contribution >= 0.6 is 0 Å². The molecule has 0 aliphatic carbocycles. The third-order valence-electron chi connectivity index (χ3n) is 4.90. The maximum absolute atomic E-state index is 13.1. The lowest BCUT2D eigenvalue weighted by Gasteiger charge is -2.20. The molecule has 0 fully saturated rings. The molecule has 3 heterocycles. The molecular weight excluding hydrogens is 386 g/mol. The Morgan fingerprint density at radius 3 is 2.53 bits per heavy atom. The first-order valence-electron chi connectivity index (χ1n) is 9.34. The van der Waals surface area contributed by atoms with Crippen LogP contribution in [-0.2, 0) is 4.74 Å². The van der Waals surface area contributed by atoms with Crippen LogP contribution in [0.25, 0.3) is 22.6 Å². The first-order chi connectivity index (χ1) is 14.7. The standard InChI is InChI=1S/C22H17N3O5/c1-28-22(27)17-13-24(15-7-8-18-19(11-15)30-10-9-29-18)12-16-20(17)23-25(21(16)26)14-5-3-2-4-6-14/h2-8,11-13H,9-10H2,1H3. The molecule has 0 aromatic heterocycles. The summed E-state index contributed by atoms with van der Waals surface area (Å²) in [6.45, 7) is 0.957. The van der Waals surface area contributed by atoms with Gasteiger partial charge in [-0.1, -0.05) is 18.2 Å². The predicted octanol–water partition coefficient (Wildman–Crippen LogP) is 2.69. The summed E-state index contributed by atoms with van der Waals surface area (Å²) in [5.74, 6) is 0.680. The molecule has 8 nitrogen and oxygen atoms in total. The fraction of sp³-hybridized carbons (Fsp3) is 0.136. The number of carbonyl (C=O) groups excluding carboxylic acids is 1. The molecule has 3 aliphatic heterocycles.